The molecule has 0 heterocycles. The predicted molar refractivity (Wildman–Crippen MR) is 137 cm³/mol. The fourth-order valence-corrected chi connectivity index (χ4v) is 4.78. The standard InChI is InChI=1S/C25H34ClN3O4S/c1-18(2)27-25(31)20(4)28(17-21-10-7-11-22(26)16-21)24(30)13-8-14-29(34(5,32)33)23-12-6-9-19(3)15-23/h6-7,9-12,15-16,18,20H,8,13-14,17H2,1-5H3,(H,27,31)/t20-/m1/s1. The van der Waals surface area contributed by atoms with Gasteiger partial charge in [-0.3, -0.25) is 13.9 Å². The maximum Gasteiger partial charge on any atom is 0.242 e. The lowest BCUT2D eigenvalue weighted by molar-refractivity contribution is -0.140. The normalized spacial score (nSPS) is 12.3. The fraction of sp³-hybridized carbons (Fsp3) is 0.440. The van der Waals surface area contributed by atoms with Crippen LogP contribution in [0.25, 0.3) is 0 Å². The van der Waals surface area contributed by atoms with Crippen LogP contribution in [0.4, 0.5) is 5.69 Å². The summed E-state index contributed by atoms with van der Waals surface area (Å²) in [6.45, 7) is 7.68. The van der Waals surface area contributed by atoms with Crippen LogP contribution in [0.5, 0.6) is 0 Å². The lowest BCUT2D eigenvalue weighted by Crippen LogP contribution is -2.49. The molecule has 0 aliphatic carbocycles. The molecule has 0 aliphatic heterocycles. The first-order valence-corrected chi connectivity index (χ1v) is 13.5. The second-order valence-corrected chi connectivity index (χ2v) is 11.1. The zero-order valence-electron chi connectivity index (χ0n) is 20.4. The number of carbonyl (C=O) groups excluding carboxylic acids is 2. The largest absolute Gasteiger partial charge is 0.352 e. The van der Waals surface area contributed by atoms with Crippen LogP contribution in [0, 0.1) is 6.92 Å². The number of hydrogen-bond acceptors (Lipinski definition) is 4. The lowest BCUT2D eigenvalue weighted by atomic mass is 10.1. The van der Waals surface area contributed by atoms with Crippen LogP contribution in [0.2, 0.25) is 5.02 Å². The number of rotatable bonds is 11. The highest BCUT2D eigenvalue weighted by Gasteiger charge is 2.27. The average molecular weight is 508 g/mol. The van der Waals surface area contributed by atoms with Crippen LogP contribution in [0.1, 0.15) is 44.7 Å². The van der Waals surface area contributed by atoms with Gasteiger partial charge in [0.1, 0.15) is 6.04 Å². The second-order valence-electron chi connectivity index (χ2n) is 8.77. The number of nitrogens with one attached hydrogen (secondary N) is 1. The topological polar surface area (TPSA) is 86.8 Å². The van der Waals surface area contributed by atoms with E-state index in [9.17, 15) is 18.0 Å². The Kier molecular flexibility index (Phi) is 9.94. The van der Waals surface area contributed by atoms with Gasteiger partial charge in [-0.25, -0.2) is 8.42 Å². The Morgan fingerprint density at radius 3 is 2.32 bits per heavy atom. The molecule has 0 fully saturated rings. The quantitative estimate of drug-likeness (QED) is 0.495. The molecule has 0 saturated heterocycles. The van der Waals surface area contributed by atoms with Gasteiger partial charge in [0, 0.05) is 30.6 Å². The molecule has 2 amide bonds. The van der Waals surface area contributed by atoms with Crippen LogP contribution in [-0.2, 0) is 26.2 Å². The predicted octanol–water partition coefficient (Wildman–Crippen LogP) is 4.14. The molecule has 0 unspecified atom stereocenters. The van der Waals surface area contributed by atoms with E-state index in [0.717, 1.165) is 17.4 Å². The summed E-state index contributed by atoms with van der Waals surface area (Å²) < 4.78 is 26.1. The summed E-state index contributed by atoms with van der Waals surface area (Å²) in [6.07, 6.45) is 1.56. The van der Waals surface area contributed by atoms with Crippen LogP contribution in [-0.4, -0.2) is 50.0 Å². The molecular formula is C25H34ClN3O4S. The van der Waals surface area contributed by atoms with Gasteiger partial charge in [0.25, 0.3) is 0 Å². The lowest BCUT2D eigenvalue weighted by Gasteiger charge is -2.30. The third-order valence-corrected chi connectivity index (χ3v) is 6.71. The molecule has 186 valence electrons. The number of hydrogen-bond donors (Lipinski definition) is 1. The second kappa shape index (κ2) is 12.2. The van der Waals surface area contributed by atoms with Crippen molar-refractivity contribution in [1.29, 1.82) is 0 Å². The van der Waals surface area contributed by atoms with Crippen molar-refractivity contribution >= 4 is 39.1 Å². The summed E-state index contributed by atoms with van der Waals surface area (Å²) in [5, 5.41) is 3.40. The molecule has 2 aromatic carbocycles. The van der Waals surface area contributed by atoms with Crippen molar-refractivity contribution in [3.05, 3.63) is 64.7 Å². The Hall–Kier alpha value is -2.58. The minimum Gasteiger partial charge on any atom is -0.352 e. The number of anilines is 1. The van der Waals surface area contributed by atoms with Crippen molar-refractivity contribution in [3.63, 3.8) is 0 Å². The summed E-state index contributed by atoms with van der Waals surface area (Å²) in [4.78, 5) is 27.4. The van der Waals surface area contributed by atoms with E-state index < -0.39 is 16.1 Å². The zero-order valence-corrected chi connectivity index (χ0v) is 22.0. The molecule has 0 bridgehead atoms. The molecule has 2 rings (SSSR count). The summed E-state index contributed by atoms with van der Waals surface area (Å²) in [5.74, 6) is -0.480. The number of halogens is 1. The van der Waals surface area contributed by atoms with E-state index in [-0.39, 0.29) is 37.4 Å². The van der Waals surface area contributed by atoms with Crippen molar-refractivity contribution in [2.75, 3.05) is 17.1 Å². The molecule has 0 aromatic heterocycles. The van der Waals surface area contributed by atoms with Crippen molar-refractivity contribution < 1.29 is 18.0 Å². The van der Waals surface area contributed by atoms with E-state index >= 15 is 0 Å². The van der Waals surface area contributed by atoms with E-state index in [1.165, 1.54) is 9.21 Å². The molecule has 0 aliphatic rings. The summed E-state index contributed by atoms with van der Waals surface area (Å²) >= 11 is 6.10. The molecule has 1 N–H and O–H groups in total. The first kappa shape index (κ1) is 27.7. The van der Waals surface area contributed by atoms with E-state index in [4.69, 9.17) is 11.6 Å². The van der Waals surface area contributed by atoms with E-state index in [1.54, 1.807) is 43.3 Å². The minimum atomic E-state index is -3.52. The Labute approximate surface area is 208 Å². The highest BCUT2D eigenvalue weighted by atomic mass is 35.5. The number of carbonyl (C=O) groups is 2. The molecule has 34 heavy (non-hydrogen) atoms. The maximum absolute atomic E-state index is 13.2. The van der Waals surface area contributed by atoms with Crippen molar-refractivity contribution in [1.82, 2.24) is 10.2 Å². The van der Waals surface area contributed by atoms with Gasteiger partial charge in [-0.05, 0) is 69.5 Å². The van der Waals surface area contributed by atoms with Gasteiger partial charge in [-0.1, -0.05) is 35.9 Å². The fourth-order valence-electron chi connectivity index (χ4n) is 3.61. The van der Waals surface area contributed by atoms with Crippen molar-refractivity contribution in [2.24, 2.45) is 0 Å². The van der Waals surface area contributed by atoms with Gasteiger partial charge in [0.05, 0.1) is 11.9 Å². The Morgan fingerprint density at radius 2 is 1.74 bits per heavy atom. The molecular weight excluding hydrogens is 474 g/mol. The van der Waals surface area contributed by atoms with Gasteiger partial charge in [0.2, 0.25) is 21.8 Å². The Bertz CT molecular complexity index is 1100. The third-order valence-electron chi connectivity index (χ3n) is 5.28. The first-order chi connectivity index (χ1) is 15.9. The molecule has 0 radical (unpaired) electrons. The zero-order chi connectivity index (χ0) is 25.5. The van der Waals surface area contributed by atoms with Crippen molar-refractivity contribution in [3.8, 4) is 0 Å². The van der Waals surface area contributed by atoms with Gasteiger partial charge in [-0.2, -0.15) is 0 Å². The molecule has 0 spiro atoms. The molecule has 9 heteroatoms. The SMILES string of the molecule is Cc1cccc(N(CCCC(=O)N(Cc2cccc(Cl)c2)[C@H](C)C(=O)NC(C)C)S(C)(=O)=O)c1. The maximum atomic E-state index is 13.2. The van der Waals surface area contributed by atoms with Crippen LogP contribution < -0.4 is 9.62 Å². The Morgan fingerprint density at radius 1 is 1.06 bits per heavy atom. The highest BCUT2D eigenvalue weighted by Crippen LogP contribution is 2.21. The van der Waals surface area contributed by atoms with Gasteiger partial charge in [-0.15, -0.1) is 0 Å². The van der Waals surface area contributed by atoms with E-state index in [2.05, 4.69) is 5.32 Å². The van der Waals surface area contributed by atoms with Crippen LogP contribution in [0.15, 0.2) is 48.5 Å². The van der Waals surface area contributed by atoms with E-state index in [1.807, 2.05) is 32.9 Å². The van der Waals surface area contributed by atoms with Gasteiger partial charge >= 0.3 is 0 Å². The number of benzene rings is 2. The highest BCUT2D eigenvalue weighted by molar-refractivity contribution is 7.92. The van der Waals surface area contributed by atoms with Gasteiger partial charge < -0.3 is 10.2 Å². The first-order valence-electron chi connectivity index (χ1n) is 11.3. The summed E-state index contributed by atoms with van der Waals surface area (Å²) in [6, 6.07) is 13.6. The molecule has 0 saturated carbocycles. The van der Waals surface area contributed by atoms with Crippen molar-refractivity contribution in [2.45, 2.75) is 59.2 Å². The smallest absolute Gasteiger partial charge is 0.242 e. The Balaban J connectivity index is 2.17. The summed E-state index contributed by atoms with van der Waals surface area (Å²) in [5.41, 5.74) is 2.32. The molecule has 2 aromatic rings. The number of nitrogens with zero attached hydrogens (tertiary/aromatic N) is 2. The van der Waals surface area contributed by atoms with Gasteiger partial charge in [0.15, 0.2) is 0 Å². The molecule has 1 atom stereocenters. The summed E-state index contributed by atoms with van der Waals surface area (Å²) in [7, 11) is -3.52. The number of amides is 2. The number of sulfonamides is 1. The van der Waals surface area contributed by atoms with Crippen LogP contribution >= 0.6 is 11.6 Å². The van der Waals surface area contributed by atoms with Crippen LogP contribution in [0.3, 0.4) is 0 Å². The monoisotopic (exact) mass is 507 g/mol. The minimum absolute atomic E-state index is 0.0595. The average Bonchev–Trinajstić information content (AvgIpc) is 2.73. The van der Waals surface area contributed by atoms with E-state index in [0.29, 0.717) is 17.1 Å². The molecule has 7 nitrogen and oxygen atoms in total. The number of aryl methyl sites for hydroxylation is 1. The third kappa shape index (κ3) is 8.33.